The molecule has 2 N–H and O–H groups in total. The molecule has 138 valence electrons. The Balaban J connectivity index is 1.95. The quantitative estimate of drug-likeness (QED) is 0.418. The van der Waals surface area contributed by atoms with Gasteiger partial charge in [0.05, 0.1) is 23.5 Å². The van der Waals surface area contributed by atoms with Gasteiger partial charge in [-0.1, -0.05) is 42.5 Å². The lowest BCUT2D eigenvalue weighted by molar-refractivity contribution is -0.132. The van der Waals surface area contributed by atoms with Crippen LogP contribution in [-0.4, -0.2) is 26.9 Å². The van der Waals surface area contributed by atoms with Crippen molar-refractivity contribution in [3.8, 4) is 5.75 Å². The van der Waals surface area contributed by atoms with Crippen molar-refractivity contribution in [2.24, 2.45) is 0 Å². The zero-order valence-electron chi connectivity index (χ0n) is 14.7. The number of pyridine rings is 1. The van der Waals surface area contributed by atoms with Crippen LogP contribution in [0.2, 0.25) is 0 Å². The Morgan fingerprint density at radius 2 is 1.64 bits per heavy atom. The van der Waals surface area contributed by atoms with Crippen LogP contribution < -0.4 is 4.90 Å². The molecule has 1 amide bonds. The van der Waals surface area contributed by atoms with Gasteiger partial charge in [0, 0.05) is 11.8 Å². The summed E-state index contributed by atoms with van der Waals surface area (Å²) in [5.41, 5.74) is 1.45. The average Bonchev–Trinajstić information content (AvgIpc) is 3.00. The first-order valence-corrected chi connectivity index (χ1v) is 8.63. The molecular weight excluding hydrogens is 356 g/mol. The highest BCUT2D eigenvalue weighted by Gasteiger charge is 2.47. The summed E-state index contributed by atoms with van der Waals surface area (Å²) in [4.78, 5) is 31.1. The number of ketones is 1. The van der Waals surface area contributed by atoms with Crippen molar-refractivity contribution < 1.29 is 19.8 Å². The summed E-state index contributed by atoms with van der Waals surface area (Å²) in [6.07, 6.45) is 3.06. The van der Waals surface area contributed by atoms with Crippen molar-refractivity contribution in [1.29, 1.82) is 0 Å². The summed E-state index contributed by atoms with van der Waals surface area (Å²) in [5.74, 6) is -1.71. The second kappa shape index (κ2) is 7.00. The second-order valence-corrected chi connectivity index (χ2v) is 6.34. The molecule has 28 heavy (non-hydrogen) atoms. The maximum absolute atomic E-state index is 12.9. The van der Waals surface area contributed by atoms with E-state index in [9.17, 15) is 19.8 Å². The predicted molar refractivity (Wildman–Crippen MR) is 104 cm³/mol. The molecule has 1 atom stereocenters. The maximum Gasteiger partial charge on any atom is 0.300 e. The van der Waals surface area contributed by atoms with Crippen LogP contribution >= 0.6 is 0 Å². The summed E-state index contributed by atoms with van der Waals surface area (Å²) in [6, 6.07) is 17.3. The number of aromatic nitrogens is 1. The minimum absolute atomic E-state index is 0.00857. The molecule has 1 aliphatic rings. The smallest absolute Gasteiger partial charge is 0.300 e. The number of benzene rings is 2. The highest BCUT2D eigenvalue weighted by Crippen LogP contribution is 2.42. The minimum atomic E-state index is -0.843. The van der Waals surface area contributed by atoms with Gasteiger partial charge in [-0.05, 0) is 29.8 Å². The molecule has 1 saturated heterocycles. The van der Waals surface area contributed by atoms with E-state index in [1.807, 2.05) is 0 Å². The number of phenols is 1. The van der Waals surface area contributed by atoms with E-state index in [-0.39, 0.29) is 17.1 Å². The molecule has 2 aromatic carbocycles. The molecule has 1 aromatic heterocycles. The number of rotatable bonds is 3. The maximum atomic E-state index is 12.9. The third-order valence-electron chi connectivity index (χ3n) is 4.62. The van der Waals surface area contributed by atoms with E-state index in [0.29, 0.717) is 16.8 Å². The van der Waals surface area contributed by atoms with Gasteiger partial charge in [0.25, 0.3) is 11.7 Å². The van der Waals surface area contributed by atoms with Crippen molar-refractivity contribution >= 4 is 23.1 Å². The van der Waals surface area contributed by atoms with Gasteiger partial charge in [0.15, 0.2) is 0 Å². The van der Waals surface area contributed by atoms with E-state index in [2.05, 4.69) is 4.98 Å². The number of aromatic hydroxyl groups is 1. The molecule has 0 saturated carbocycles. The van der Waals surface area contributed by atoms with Gasteiger partial charge >= 0.3 is 0 Å². The Labute approximate surface area is 161 Å². The zero-order chi connectivity index (χ0) is 19.7. The lowest BCUT2D eigenvalue weighted by Gasteiger charge is -2.25. The molecule has 3 aromatic rings. The zero-order valence-corrected chi connectivity index (χ0v) is 14.7. The number of anilines is 1. The van der Waals surface area contributed by atoms with Crippen LogP contribution in [0.5, 0.6) is 5.75 Å². The summed E-state index contributed by atoms with van der Waals surface area (Å²) >= 11 is 0. The van der Waals surface area contributed by atoms with Crippen molar-refractivity contribution in [1.82, 2.24) is 4.98 Å². The summed E-state index contributed by atoms with van der Waals surface area (Å²) < 4.78 is 0. The number of carbonyl (C=O) groups is 2. The molecule has 0 aliphatic carbocycles. The number of aliphatic hydroxyl groups excluding tert-OH is 1. The van der Waals surface area contributed by atoms with E-state index in [0.717, 1.165) is 0 Å². The van der Waals surface area contributed by atoms with Crippen LogP contribution in [0.3, 0.4) is 0 Å². The average molecular weight is 372 g/mol. The van der Waals surface area contributed by atoms with Crippen molar-refractivity contribution in [3.05, 3.63) is 95.8 Å². The highest BCUT2D eigenvalue weighted by atomic mass is 16.3. The standard InChI is InChI=1S/C22H16N2O4/c25-17-10-8-14(9-11-17)19-18(20(26)15-5-2-1-3-6-15)21(27)22(28)24(19)16-7-4-12-23-13-16/h1-13,19,25-26H/b20-18+. The van der Waals surface area contributed by atoms with E-state index in [1.54, 1.807) is 60.8 Å². The third kappa shape index (κ3) is 2.91. The second-order valence-electron chi connectivity index (χ2n) is 6.34. The number of hydrogen-bond acceptors (Lipinski definition) is 5. The molecule has 4 rings (SSSR count). The van der Waals surface area contributed by atoms with Crippen LogP contribution in [0.1, 0.15) is 17.2 Å². The Bertz CT molecular complexity index is 1060. The fraction of sp³-hybridized carbons (Fsp3) is 0.0455. The number of aliphatic hydroxyl groups is 1. The van der Waals surface area contributed by atoms with Gasteiger partial charge in [-0.15, -0.1) is 0 Å². The van der Waals surface area contributed by atoms with Gasteiger partial charge in [-0.2, -0.15) is 0 Å². The van der Waals surface area contributed by atoms with Crippen LogP contribution in [0.25, 0.3) is 5.76 Å². The molecule has 1 aliphatic heterocycles. The Kier molecular flexibility index (Phi) is 4.37. The number of carbonyl (C=O) groups excluding carboxylic acids is 2. The van der Waals surface area contributed by atoms with Gasteiger partial charge in [0.2, 0.25) is 0 Å². The molecule has 0 bridgehead atoms. The molecule has 1 fully saturated rings. The lowest BCUT2D eigenvalue weighted by atomic mass is 9.95. The Hall–Kier alpha value is -3.93. The number of nitrogens with zero attached hydrogens (tertiary/aromatic N) is 2. The van der Waals surface area contributed by atoms with E-state index in [4.69, 9.17) is 0 Å². The Morgan fingerprint density at radius 1 is 0.929 bits per heavy atom. The van der Waals surface area contributed by atoms with E-state index in [1.165, 1.54) is 23.2 Å². The fourth-order valence-corrected chi connectivity index (χ4v) is 3.32. The molecule has 6 nitrogen and oxygen atoms in total. The molecule has 2 heterocycles. The number of phenolic OH excluding ortho intramolecular Hbond substituents is 1. The third-order valence-corrected chi connectivity index (χ3v) is 4.62. The number of hydrogen-bond donors (Lipinski definition) is 2. The minimum Gasteiger partial charge on any atom is -0.508 e. The summed E-state index contributed by atoms with van der Waals surface area (Å²) in [6.45, 7) is 0. The first kappa shape index (κ1) is 17.5. The van der Waals surface area contributed by atoms with Crippen molar-refractivity contribution in [3.63, 3.8) is 0 Å². The molecular formula is C22H16N2O4. The van der Waals surface area contributed by atoms with Crippen LogP contribution in [-0.2, 0) is 9.59 Å². The summed E-state index contributed by atoms with van der Waals surface area (Å²) in [5, 5.41) is 20.5. The van der Waals surface area contributed by atoms with Gasteiger partial charge in [-0.3, -0.25) is 19.5 Å². The van der Waals surface area contributed by atoms with Gasteiger partial charge < -0.3 is 10.2 Å². The predicted octanol–water partition coefficient (Wildman–Crippen LogP) is 3.41. The molecule has 6 heteroatoms. The lowest BCUT2D eigenvalue weighted by Crippen LogP contribution is -2.29. The monoisotopic (exact) mass is 372 g/mol. The van der Waals surface area contributed by atoms with Crippen molar-refractivity contribution in [2.45, 2.75) is 6.04 Å². The highest BCUT2D eigenvalue weighted by molar-refractivity contribution is 6.51. The van der Waals surface area contributed by atoms with Crippen LogP contribution in [0, 0.1) is 0 Å². The molecule has 1 unspecified atom stereocenters. The fourth-order valence-electron chi connectivity index (χ4n) is 3.32. The topological polar surface area (TPSA) is 90.7 Å². The first-order valence-electron chi connectivity index (χ1n) is 8.63. The normalized spacial score (nSPS) is 18.4. The first-order chi connectivity index (χ1) is 13.6. The van der Waals surface area contributed by atoms with Crippen LogP contribution in [0.15, 0.2) is 84.7 Å². The SMILES string of the molecule is O=C1C(=O)N(c2cccnc2)C(c2ccc(O)cc2)/C1=C(\O)c1ccccc1. The van der Waals surface area contributed by atoms with Crippen molar-refractivity contribution in [2.75, 3.05) is 4.90 Å². The number of Topliss-reactive ketones (excluding diaryl/α,β-unsaturated/α-hetero) is 1. The van der Waals surface area contributed by atoms with Gasteiger partial charge in [-0.25, -0.2) is 0 Å². The molecule has 0 spiro atoms. The van der Waals surface area contributed by atoms with E-state index < -0.39 is 17.7 Å². The molecule has 0 radical (unpaired) electrons. The van der Waals surface area contributed by atoms with Crippen LogP contribution in [0.4, 0.5) is 5.69 Å². The van der Waals surface area contributed by atoms with Gasteiger partial charge in [0.1, 0.15) is 11.5 Å². The Morgan fingerprint density at radius 3 is 2.29 bits per heavy atom. The van der Waals surface area contributed by atoms with E-state index >= 15 is 0 Å². The number of amides is 1. The summed E-state index contributed by atoms with van der Waals surface area (Å²) in [7, 11) is 0. The largest absolute Gasteiger partial charge is 0.508 e.